The molecule has 2 rings (SSSR count). The van der Waals surface area contributed by atoms with Crippen molar-refractivity contribution in [3.63, 3.8) is 0 Å². The van der Waals surface area contributed by atoms with E-state index in [9.17, 15) is 9.59 Å². The summed E-state index contributed by atoms with van der Waals surface area (Å²) >= 11 is 0. The highest BCUT2D eigenvalue weighted by atomic mass is 16.2. The lowest BCUT2D eigenvalue weighted by Crippen LogP contribution is -2.19. The fourth-order valence-corrected chi connectivity index (χ4v) is 1.45. The third-order valence-electron chi connectivity index (χ3n) is 2.19. The third-order valence-corrected chi connectivity index (χ3v) is 2.19. The number of hydrogen-bond acceptors (Lipinski definition) is 3. The zero-order valence-corrected chi connectivity index (χ0v) is 8.30. The first-order chi connectivity index (χ1) is 7.20. The van der Waals surface area contributed by atoms with Crippen molar-refractivity contribution < 1.29 is 9.59 Å². The Balaban J connectivity index is 2.30. The van der Waals surface area contributed by atoms with Crippen molar-refractivity contribution in [2.75, 3.05) is 5.01 Å². The van der Waals surface area contributed by atoms with Gasteiger partial charge in [-0.3, -0.25) is 9.59 Å². The van der Waals surface area contributed by atoms with E-state index >= 15 is 0 Å². The van der Waals surface area contributed by atoms with Crippen LogP contribution in [-0.4, -0.2) is 17.9 Å². The summed E-state index contributed by atoms with van der Waals surface area (Å²) in [6, 6.07) is 6.76. The molecule has 0 aliphatic carbocycles. The average molecular weight is 202 g/mol. The Bertz CT molecular complexity index is 434. The first-order valence-corrected chi connectivity index (χ1v) is 4.63. The van der Waals surface area contributed by atoms with Gasteiger partial charge in [0.1, 0.15) is 6.29 Å². The van der Waals surface area contributed by atoms with Gasteiger partial charge < -0.3 is 0 Å². The van der Waals surface area contributed by atoms with Crippen LogP contribution >= 0.6 is 0 Å². The lowest BCUT2D eigenvalue weighted by atomic mass is 10.2. The predicted molar refractivity (Wildman–Crippen MR) is 57.0 cm³/mol. The molecule has 1 amide bonds. The van der Waals surface area contributed by atoms with Crippen LogP contribution < -0.4 is 5.01 Å². The second-order valence-electron chi connectivity index (χ2n) is 3.43. The highest BCUT2D eigenvalue weighted by Gasteiger charge is 2.22. The van der Waals surface area contributed by atoms with E-state index < -0.39 is 0 Å². The Morgan fingerprint density at radius 3 is 2.47 bits per heavy atom. The number of amides is 1. The fraction of sp³-hybridized carbons (Fsp3) is 0.182. The Morgan fingerprint density at radius 2 is 2.00 bits per heavy atom. The van der Waals surface area contributed by atoms with Crippen molar-refractivity contribution in [1.82, 2.24) is 0 Å². The average Bonchev–Trinajstić information content (AvgIpc) is 2.58. The van der Waals surface area contributed by atoms with E-state index in [1.54, 1.807) is 24.3 Å². The van der Waals surface area contributed by atoms with Crippen LogP contribution in [0.2, 0.25) is 0 Å². The monoisotopic (exact) mass is 202 g/mol. The SMILES string of the molecule is CC1=NN(c2ccc(C=O)cc2)C(=O)C1. The van der Waals surface area contributed by atoms with Gasteiger partial charge in [-0.05, 0) is 31.2 Å². The Hall–Kier alpha value is -1.97. The fourth-order valence-electron chi connectivity index (χ4n) is 1.45. The van der Waals surface area contributed by atoms with E-state index in [1.807, 2.05) is 6.92 Å². The van der Waals surface area contributed by atoms with Crippen LogP contribution in [-0.2, 0) is 4.79 Å². The molecule has 4 heteroatoms. The number of hydrogen-bond donors (Lipinski definition) is 0. The largest absolute Gasteiger partial charge is 0.298 e. The summed E-state index contributed by atoms with van der Waals surface area (Å²) < 4.78 is 0. The zero-order valence-electron chi connectivity index (χ0n) is 8.30. The highest BCUT2D eigenvalue weighted by molar-refractivity contribution is 6.12. The maximum atomic E-state index is 11.5. The molecule has 1 aliphatic heterocycles. The second-order valence-corrected chi connectivity index (χ2v) is 3.43. The third kappa shape index (κ3) is 1.79. The summed E-state index contributed by atoms with van der Waals surface area (Å²) in [5, 5.41) is 5.47. The number of carbonyl (C=O) groups excluding carboxylic acids is 2. The highest BCUT2D eigenvalue weighted by Crippen LogP contribution is 2.20. The number of benzene rings is 1. The van der Waals surface area contributed by atoms with Crippen LogP contribution in [0.15, 0.2) is 29.4 Å². The van der Waals surface area contributed by atoms with Crippen LogP contribution in [0.3, 0.4) is 0 Å². The molecule has 0 fully saturated rings. The summed E-state index contributed by atoms with van der Waals surface area (Å²) in [5.74, 6) is -0.0358. The first kappa shape index (κ1) is 9.58. The molecule has 15 heavy (non-hydrogen) atoms. The number of carbonyl (C=O) groups is 2. The van der Waals surface area contributed by atoms with E-state index in [2.05, 4.69) is 5.10 Å². The minimum Gasteiger partial charge on any atom is -0.298 e. The van der Waals surface area contributed by atoms with Crippen LogP contribution in [0.5, 0.6) is 0 Å². The molecular weight excluding hydrogens is 192 g/mol. The summed E-state index contributed by atoms with van der Waals surface area (Å²) in [6.45, 7) is 1.82. The van der Waals surface area contributed by atoms with Gasteiger partial charge in [0.15, 0.2) is 0 Å². The topological polar surface area (TPSA) is 49.7 Å². The van der Waals surface area contributed by atoms with Gasteiger partial charge in [-0.25, -0.2) is 5.01 Å². The van der Waals surface area contributed by atoms with E-state index in [0.29, 0.717) is 17.7 Å². The second kappa shape index (κ2) is 3.65. The lowest BCUT2D eigenvalue weighted by molar-refractivity contribution is -0.116. The maximum absolute atomic E-state index is 11.5. The molecule has 0 saturated carbocycles. The molecular formula is C11H10N2O2. The first-order valence-electron chi connectivity index (χ1n) is 4.63. The number of nitrogens with zero attached hydrogens (tertiary/aromatic N) is 2. The molecule has 0 atom stereocenters. The Morgan fingerprint density at radius 1 is 1.33 bits per heavy atom. The molecule has 0 spiro atoms. The molecule has 0 aromatic heterocycles. The summed E-state index contributed by atoms with van der Waals surface area (Å²) in [7, 11) is 0. The van der Waals surface area contributed by atoms with Gasteiger partial charge in [-0.2, -0.15) is 5.10 Å². The molecule has 4 nitrogen and oxygen atoms in total. The van der Waals surface area contributed by atoms with Crippen molar-refractivity contribution in [2.45, 2.75) is 13.3 Å². The zero-order chi connectivity index (χ0) is 10.8. The predicted octanol–water partition coefficient (Wildman–Crippen LogP) is 1.61. The molecule has 0 saturated heterocycles. The van der Waals surface area contributed by atoms with E-state index in [-0.39, 0.29) is 5.91 Å². The molecule has 0 unspecified atom stereocenters. The van der Waals surface area contributed by atoms with Gasteiger partial charge >= 0.3 is 0 Å². The Kier molecular flexibility index (Phi) is 2.33. The van der Waals surface area contributed by atoms with Crippen LogP contribution in [0, 0.1) is 0 Å². The number of anilines is 1. The van der Waals surface area contributed by atoms with Crippen molar-refractivity contribution in [3.05, 3.63) is 29.8 Å². The lowest BCUT2D eigenvalue weighted by Gasteiger charge is -2.11. The van der Waals surface area contributed by atoms with Crippen molar-refractivity contribution in [2.24, 2.45) is 5.10 Å². The van der Waals surface area contributed by atoms with Gasteiger partial charge in [-0.15, -0.1) is 0 Å². The normalized spacial score (nSPS) is 15.4. The standard InChI is InChI=1S/C11H10N2O2/c1-8-6-11(15)13(12-8)10-4-2-9(7-14)3-5-10/h2-5,7H,6H2,1H3. The quantitative estimate of drug-likeness (QED) is 0.684. The van der Waals surface area contributed by atoms with Gasteiger partial charge in [0.2, 0.25) is 0 Å². The number of aldehydes is 1. The van der Waals surface area contributed by atoms with E-state index in [1.165, 1.54) is 5.01 Å². The molecule has 1 aliphatic rings. The summed E-state index contributed by atoms with van der Waals surface area (Å²) in [5.41, 5.74) is 2.09. The molecule has 0 radical (unpaired) electrons. The number of hydrazone groups is 1. The van der Waals surface area contributed by atoms with Crippen LogP contribution in [0.25, 0.3) is 0 Å². The molecule has 1 aromatic rings. The molecule has 0 N–H and O–H groups in total. The van der Waals surface area contributed by atoms with E-state index in [4.69, 9.17) is 0 Å². The van der Waals surface area contributed by atoms with E-state index in [0.717, 1.165) is 12.0 Å². The molecule has 1 heterocycles. The number of rotatable bonds is 2. The van der Waals surface area contributed by atoms with Crippen molar-refractivity contribution in [1.29, 1.82) is 0 Å². The van der Waals surface area contributed by atoms with Crippen molar-refractivity contribution in [3.8, 4) is 0 Å². The van der Waals surface area contributed by atoms with Gasteiger partial charge in [0.25, 0.3) is 5.91 Å². The summed E-state index contributed by atoms with van der Waals surface area (Å²) in [4.78, 5) is 21.9. The van der Waals surface area contributed by atoms with Crippen LogP contribution in [0.1, 0.15) is 23.7 Å². The van der Waals surface area contributed by atoms with Gasteiger partial charge in [0, 0.05) is 11.3 Å². The minimum absolute atomic E-state index is 0.0358. The Labute approximate surface area is 87.2 Å². The molecule has 0 bridgehead atoms. The van der Waals surface area contributed by atoms with Gasteiger partial charge in [0.05, 0.1) is 12.1 Å². The maximum Gasteiger partial charge on any atom is 0.253 e. The molecule has 1 aromatic carbocycles. The van der Waals surface area contributed by atoms with Crippen LogP contribution in [0.4, 0.5) is 5.69 Å². The minimum atomic E-state index is -0.0358. The smallest absolute Gasteiger partial charge is 0.253 e. The van der Waals surface area contributed by atoms with Crippen molar-refractivity contribution >= 4 is 23.6 Å². The molecule has 76 valence electrons. The van der Waals surface area contributed by atoms with Gasteiger partial charge in [-0.1, -0.05) is 0 Å². The summed E-state index contributed by atoms with van der Waals surface area (Å²) in [6.07, 6.45) is 1.14.